The van der Waals surface area contributed by atoms with Crippen molar-refractivity contribution in [1.82, 2.24) is 4.34 Å². The third-order valence-electron chi connectivity index (χ3n) is 2.23. The third kappa shape index (κ3) is 7.91. The summed E-state index contributed by atoms with van der Waals surface area (Å²) in [6, 6.07) is 0. The zero-order chi connectivity index (χ0) is 16.6. The molecule has 0 spiro atoms. The van der Waals surface area contributed by atoms with Crippen molar-refractivity contribution in [2.24, 2.45) is 9.16 Å². The van der Waals surface area contributed by atoms with Gasteiger partial charge in [-0.25, -0.2) is 4.74 Å². The molecule has 0 heterocycles. The maximum atomic E-state index is 5.23. The molecule has 6 heteroatoms. The molecule has 20 heavy (non-hydrogen) atoms. The molecule has 0 radical (unpaired) electrons. The molecule has 3 nitrogen and oxygen atoms in total. The molecular weight excluding hydrogens is 297 g/mol. The van der Waals surface area contributed by atoms with Crippen molar-refractivity contribution in [3.63, 3.8) is 0 Å². The Morgan fingerprint density at radius 3 is 1.40 bits per heavy atom. The van der Waals surface area contributed by atoms with E-state index in [4.69, 9.17) is 9.16 Å². The van der Waals surface area contributed by atoms with E-state index in [-0.39, 0.29) is 11.1 Å². The Hall–Kier alpha value is 0.294. The second-order valence-corrected chi connectivity index (χ2v) is 20.9. The van der Waals surface area contributed by atoms with Gasteiger partial charge in [-0.3, -0.25) is 8.75 Å². The number of rotatable bonds is 3. The lowest BCUT2D eigenvalue weighted by atomic mass is 10.1. The first kappa shape index (κ1) is 20.3. The minimum Gasteiger partial charge on any atom is -0.283 e. The quantitative estimate of drug-likeness (QED) is 0.438. The molecule has 1 unspecified atom stereocenters. The SMILES string of the molecule is CC(C)(C)N=P(=N[Si](C)(C)C)N(C(C)(C)C)[Si](C)(C)C. The summed E-state index contributed by atoms with van der Waals surface area (Å²) in [6.45, 7) is 27.6. The fraction of sp³-hybridized carbons (Fsp3) is 1.00. The van der Waals surface area contributed by atoms with Gasteiger partial charge in [-0.15, -0.1) is 0 Å². The van der Waals surface area contributed by atoms with Gasteiger partial charge in [-0.05, 0) is 61.2 Å². The Bertz CT molecular complexity index is 376. The fourth-order valence-electron chi connectivity index (χ4n) is 2.19. The van der Waals surface area contributed by atoms with Crippen LogP contribution < -0.4 is 0 Å². The van der Waals surface area contributed by atoms with Crippen LogP contribution in [0.4, 0.5) is 0 Å². The average Bonchev–Trinajstić information content (AvgIpc) is 1.87. The van der Waals surface area contributed by atoms with Crippen molar-refractivity contribution in [3.8, 4) is 0 Å². The molecule has 0 aliphatic heterocycles. The Labute approximate surface area is 130 Å². The molecule has 0 aromatic rings. The van der Waals surface area contributed by atoms with Crippen LogP contribution in [-0.4, -0.2) is 31.9 Å². The Kier molecular flexibility index (Phi) is 6.28. The van der Waals surface area contributed by atoms with Crippen LogP contribution in [-0.2, 0) is 0 Å². The first-order valence-corrected chi connectivity index (χ1v) is 15.6. The molecule has 0 saturated heterocycles. The lowest BCUT2D eigenvalue weighted by molar-refractivity contribution is 0.373. The van der Waals surface area contributed by atoms with Gasteiger partial charge in [-0.2, -0.15) is 0 Å². The molecule has 0 bridgehead atoms. The van der Waals surface area contributed by atoms with Crippen LogP contribution in [0.1, 0.15) is 41.5 Å². The summed E-state index contributed by atoms with van der Waals surface area (Å²) < 4.78 is 13.0. The summed E-state index contributed by atoms with van der Waals surface area (Å²) in [5, 5.41) is 0. The van der Waals surface area contributed by atoms with Crippen molar-refractivity contribution >= 4 is 24.1 Å². The van der Waals surface area contributed by atoms with Crippen molar-refractivity contribution in [2.75, 3.05) is 0 Å². The summed E-state index contributed by atoms with van der Waals surface area (Å²) in [5.41, 5.74) is 0.0894. The lowest BCUT2D eigenvalue weighted by Gasteiger charge is -2.42. The molecule has 0 fully saturated rings. The zero-order valence-electron chi connectivity index (χ0n) is 15.8. The van der Waals surface area contributed by atoms with E-state index in [1.807, 2.05) is 0 Å². The maximum Gasteiger partial charge on any atom is 0.181 e. The van der Waals surface area contributed by atoms with Gasteiger partial charge in [0.2, 0.25) is 0 Å². The highest BCUT2D eigenvalue weighted by Gasteiger charge is 2.36. The Morgan fingerprint density at radius 2 is 1.20 bits per heavy atom. The average molecular weight is 334 g/mol. The van der Waals surface area contributed by atoms with Crippen LogP contribution in [0, 0.1) is 0 Å². The van der Waals surface area contributed by atoms with Gasteiger partial charge in [0.05, 0.1) is 5.54 Å². The van der Waals surface area contributed by atoms with Gasteiger partial charge in [0.25, 0.3) is 0 Å². The molecular formula is C14H36N3PSi2. The van der Waals surface area contributed by atoms with Crippen LogP contribution in [0.2, 0.25) is 39.3 Å². The molecule has 0 aliphatic carbocycles. The van der Waals surface area contributed by atoms with Crippen molar-refractivity contribution in [3.05, 3.63) is 0 Å². The highest BCUT2D eigenvalue weighted by Crippen LogP contribution is 2.40. The predicted octanol–water partition coefficient (Wildman–Crippen LogP) is 6.32. The third-order valence-corrected chi connectivity index (χ3v) is 11.4. The monoisotopic (exact) mass is 333 g/mol. The van der Waals surface area contributed by atoms with Crippen LogP contribution in [0.25, 0.3) is 0 Å². The zero-order valence-corrected chi connectivity index (χ0v) is 18.7. The van der Waals surface area contributed by atoms with E-state index in [1.54, 1.807) is 0 Å². The van der Waals surface area contributed by atoms with Crippen LogP contribution in [0.5, 0.6) is 0 Å². The highest BCUT2D eigenvalue weighted by atomic mass is 31.1. The maximum absolute atomic E-state index is 5.23. The van der Waals surface area contributed by atoms with Crippen LogP contribution in [0.3, 0.4) is 0 Å². The van der Waals surface area contributed by atoms with Gasteiger partial charge in [0, 0.05) is 5.54 Å². The molecule has 0 N–H and O–H groups in total. The highest BCUT2D eigenvalue weighted by molar-refractivity contribution is 7.39. The summed E-state index contributed by atoms with van der Waals surface area (Å²) in [6.07, 6.45) is 0. The van der Waals surface area contributed by atoms with Gasteiger partial charge in [0.15, 0.2) is 8.24 Å². The van der Waals surface area contributed by atoms with Gasteiger partial charge < -0.3 is 0 Å². The van der Waals surface area contributed by atoms with E-state index in [9.17, 15) is 0 Å². The van der Waals surface area contributed by atoms with Crippen molar-refractivity contribution in [2.45, 2.75) is 91.9 Å². The number of nitrogens with zero attached hydrogens (tertiary/aromatic N) is 3. The molecule has 0 aromatic carbocycles. The van der Waals surface area contributed by atoms with Crippen LogP contribution >= 0.6 is 7.66 Å². The summed E-state index contributed by atoms with van der Waals surface area (Å²) in [7, 11) is -3.76. The fourth-order valence-corrected chi connectivity index (χ4v) is 10.7. The van der Waals surface area contributed by atoms with Gasteiger partial charge in [-0.1, -0.05) is 19.6 Å². The minimum atomic E-state index is -1.50. The Balaban J connectivity index is 6.25. The second-order valence-electron chi connectivity index (χ2n) is 9.46. The predicted molar refractivity (Wildman–Crippen MR) is 99.8 cm³/mol. The van der Waals surface area contributed by atoms with Gasteiger partial charge >= 0.3 is 0 Å². The van der Waals surface area contributed by atoms with Gasteiger partial charge in [0.1, 0.15) is 15.9 Å². The molecule has 1 atom stereocenters. The summed E-state index contributed by atoms with van der Waals surface area (Å²) >= 11 is 0. The normalized spacial score (nSPS) is 16.1. The minimum absolute atomic E-state index is 0.0298. The molecule has 120 valence electrons. The van der Waals surface area contributed by atoms with Crippen LogP contribution in [0.15, 0.2) is 9.16 Å². The van der Waals surface area contributed by atoms with E-state index in [0.29, 0.717) is 0 Å². The molecule has 0 saturated carbocycles. The van der Waals surface area contributed by atoms with E-state index in [2.05, 4.69) is 85.2 Å². The molecule has 0 aliphatic rings. The standard InChI is InChI=1S/C14H36N3PSi2/c1-13(2,3)15-18(16-19(7,8)9)17(14(4,5)6)20(10,11)12/h1-12H3. The largest absolute Gasteiger partial charge is 0.283 e. The van der Waals surface area contributed by atoms with Crippen molar-refractivity contribution < 1.29 is 0 Å². The van der Waals surface area contributed by atoms with Crippen molar-refractivity contribution in [1.29, 1.82) is 0 Å². The lowest BCUT2D eigenvalue weighted by Crippen LogP contribution is -2.51. The Morgan fingerprint density at radius 1 is 0.800 bits per heavy atom. The smallest absolute Gasteiger partial charge is 0.181 e. The topological polar surface area (TPSA) is 28.0 Å². The van der Waals surface area contributed by atoms with E-state index >= 15 is 0 Å². The molecule has 0 rings (SSSR count). The summed E-state index contributed by atoms with van der Waals surface area (Å²) in [5.74, 6) is 0. The van der Waals surface area contributed by atoms with E-state index < -0.39 is 24.1 Å². The molecule has 0 aromatic heterocycles. The molecule has 0 amide bonds. The summed E-state index contributed by atoms with van der Waals surface area (Å²) in [4.78, 5) is 0. The van der Waals surface area contributed by atoms with E-state index in [1.165, 1.54) is 0 Å². The first-order valence-electron chi connectivity index (χ1n) is 7.49. The number of hydrogen-bond donors (Lipinski definition) is 0. The number of hydrogen-bond acceptors (Lipinski definition) is 2. The van der Waals surface area contributed by atoms with E-state index in [0.717, 1.165) is 0 Å². The first-order chi connectivity index (χ1) is 8.43. The second kappa shape index (κ2) is 6.19.